The van der Waals surface area contributed by atoms with Gasteiger partial charge in [0, 0.05) is 17.3 Å². The summed E-state index contributed by atoms with van der Waals surface area (Å²) in [5.74, 6) is 2.21. The summed E-state index contributed by atoms with van der Waals surface area (Å²) >= 11 is 0. The van der Waals surface area contributed by atoms with E-state index in [4.69, 9.17) is 0 Å². The summed E-state index contributed by atoms with van der Waals surface area (Å²) in [4.78, 5) is 16.8. The normalized spacial score (nSPS) is 26.1. The molecule has 2 aliphatic rings. The van der Waals surface area contributed by atoms with Gasteiger partial charge in [0.25, 0.3) is 0 Å². The number of H-pyrrole nitrogens is 1. The minimum Gasteiger partial charge on any atom is -0.325 e. The van der Waals surface area contributed by atoms with Crippen molar-refractivity contribution in [1.29, 1.82) is 0 Å². The number of anilines is 1. The minimum absolute atomic E-state index is 0.0616. The Balaban J connectivity index is 1.39. The smallest absolute Gasteiger partial charge is 0.241 e. The fourth-order valence-corrected chi connectivity index (χ4v) is 3.92. The number of hydrogen-bond acceptors (Lipinski definition) is 4. The van der Waals surface area contributed by atoms with Gasteiger partial charge < -0.3 is 10.6 Å². The number of nitrogens with zero attached hydrogens (tertiary/aromatic N) is 2. The molecule has 126 valence electrons. The molecule has 1 amide bonds. The molecule has 1 saturated heterocycles. The van der Waals surface area contributed by atoms with Crippen molar-refractivity contribution in [2.45, 2.75) is 51.1 Å². The molecule has 4 rings (SSSR count). The van der Waals surface area contributed by atoms with Crippen LogP contribution in [0.1, 0.15) is 37.9 Å². The molecule has 6 nitrogen and oxygen atoms in total. The molecule has 3 N–H and O–H groups in total. The number of rotatable bonds is 3. The third kappa shape index (κ3) is 3.06. The molecule has 3 atom stereocenters. The van der Waals surface area contributed by atoms with Gasteiger partial charge in [-0.2, -0.15) is 5.10 Å². The molecule has 1 aromatic heterocycles. The van der Waals surface area contributed by atoms with E-state index in [0.29, 0.717) is 17.8 Å². The lowest BCUT2D eigenvalue weighted by Gasteiger charge is -2.24. The van der Waals surface area contributed by atoms with Gasteiger partial charge in [-0.15, -0.1) is 0 Å². The molecule has 1 aliphatic heterocycles. The molecule has 6 heteroatoms. The van der Waals surface area contributed by atoms with Crippen molar-refractivity contribution in [1.82, 2.24) is 20.5 Å². The number of carbonyl (C=O) groups excluding carboxylic acids is 1. The zero-order valence-electron chi connectivity index (χ0n) is 13.9. The van der Waals surface area contributed by atoms with Gasteiger partial charge in [0.2, 0.25) is 5.91 Å². The molecule has 0 bridgehead atoms. The average molecular weight is 325 g/mol. The summed E-state index contributed by atoms with van der Waals surface area (Å²) in [5, 5.41) is 13.5. The summed E-state index contributed by atoms with van der Waals surface area (Å²) in [7, 11) is 0. The molecule has 2 aromatic rings. The lowest BCUT2D eigenvalue weighted by atomic mass is 9.85. The van der Waals surface area contributed by atoms with E-state index in [2.05, 4.69) is 25.8 Å². The number of aryl methyl sites for hydroxylation is 1. The number of amides is 1. The number of aromatic amines is 1. The maximum Gasteiger partial charge on any atom is 0.241 e. The second kappa shape index (κ2) is 6.36. The predicted molar refractivity (Wildman–Crippen MR) is 92.5 cm³/mol. The number of nitrogens with one attached hydrogen (secondary N) is 3. The van der Waals surface area contributed by atoms with Gasteiger partial charge in [0.05, 0.1) is 6.04 Å². The van der Waals surface area contributed by atoms with Crippen molar-refractivity contribution in [3.8, 4) is 11.4 Å². The highest BCUT2D eigenvalue weighted by Gasteiger charge is 2.38. The van der Waals surface area contributed by atoms with Crippen LogP contribution in [-0.2, 0) is 4.79 Å². The first kappa shape index (κ1) is 15.3. The topological polar surface area (TPSA) is 82.7 Å². The SMILES string of the molecule is Cc1nc(-c2ccc(NC(=O)C3CC4CCCCC4N3)cc2)n[nH]1. The van der Waals surface area contributed by atoms with Crippen molar-refractivity contribution >= 4 is 11.6 Å². The van der Waals surface area contributed by atoms with E-state index in [1.807, 2.05) is 31.2 Å². The molecule has 24 heavy (non-hydrogen) atoms. The Morgan fingerprint density at radius 3 is 2.71 bits per heavy atom. The quantitative estimate of drug-likeness (QED) is 0.810. The van der Waals surface area contributed by atoms with Crippen molar-refractivity contribution in [3.63, 3.8) is 0 Å². The monoisotopic (exact) mass is 325 g/mol. The molecule has 2 heterocycles. The molecule has 1 saturated carbocycles. The maximum atomic E-state index is 12.5. The highest BCUT2D eigenvalue weighted by Crippen LogP contribution is 2.33. The summed E-state index contributed by atoms with van der Waals surface area (Å²) in [6.45, 7) is 1.87. The van der Waals surface area contributed by atoms with Gasteiger partial charge in [-0.05, 0) is 56.4 Å². The Morgan fingerprint density at radius 2 is 2.00 bits per heavy atom. The van der Waals surface area contributed by atoms with Crippen LogP contribution in [-0.4, -0.2) is 33.2 Å². The fraction of sp³-hybridized carbons (Fsp3) is 0.500. The molecule has 2 fully saturated rings. The van der Waals surface area contributed by atoms with Crippen LogP contribution in [0.2, 0.25) is 0 Å². The van der Waals surface area contributed by atoms with E-state index in [1.54, 1.807) is 0 Å². The second-order valence-corrected chi connectivity index (χ2v) is 6.92. The highest BCUT2D eigenvalue weighted by atomic mass is 16.2. The lowest BCUT2D eigenvalue weighted by molar-refractivity contribution is -0.117. The van der Waals surface area contributed by atoms with E-state index >= 15 is 0 Å². The highest BCUT2D eigenvalue weighted by molar-refractivity contribution is 5.95. The number of aromatic nitrogens is 3. The van der Waals surface area contributed by atoms with Gasteiger partial charge in [0.15, 0.2) is 5.82 Å². The first-order valence-electron chi connectivity index (χ1n) is 8.75. The minimum atomic E-state index is -0.0616. The van der Waals surface area contributed by atoms with Crippen LogP contribution < -0.4 is 10.6 Å². The molecule has 0 spiro atoms. The van der Waals surface area contributed by atoms with Crippen LogP contribution in [0.15, 0.2) is 24.3 Å². The first-order valence-corrected chi connectivity index (χ1v) is 8.75. The zero-order valence-corrected chi connectivity index (χ0v) is 13.9. The molecule has 1 aromatic carbocycles. The van der Waals surface area contributed by atoms with Crippen molar-refractivity contribution in [2.24, 2.45) is 5.92 Å². The molecule has 0 radical (unpaired) electrons. The largest absolute Gasteiger partial charge is 0.325 e. The molecule has 3 unspecified atom stereocenters. The fourth-order valence-electron chi connectivity index (χ4n) is 3.92. The molecule has 1 aliphatic carbocycles. The third-order valence-corrected chi connectivity index (χ3v) is 5.19. The Kier molecular flexibility index (Phi) is 4.06. The van der Waals surface area contributed by atoms with E-state index in [0.717, 1.165) is 23.5 Å². The zero-order chi connectivity index (χ0) is 16.5. The summed E-state index contributed by atoms with van der Waals surface area (Å²) in [6, 6.07) is 8.14. The average Bonchev–Trinajstić information content (AvgIpc) is 3.21. The third-order valence-electron chi connectivity index (χ3n) is 5.19. The number of benzene rings is 1. The Hall–Kier alpha value is -2.21. The van der Waals surface area contributed by atoms with Crippen LogP contribution in [0.5, 0.6) is 0 Å². The number of hydrogen-bond donors (Lipinski definition) is 3. The lowest BCUT2D eigenvalue weighted by Crippen LogP contribution is -2.39. The predicted octanol–water partition coefficient (Wildman–Crippen LogP) is 2.64. The van der Waals surface area contributed by atoms with Crippen molar-refractivity contribution in [3.05, 3.63) is 30.1 Å². The molecular formula is C18H23N5O. The summed E-state index contributed by atoms with van der Waals surface area (Å²) < 4.78 is 0. The van der Waals surface area contributed by atoms with Gasteiger partial charge in [-0.1, -0.05) is 12.8 Å². The standard InChI is InChI=1S/C18H23N5O/c1-11-19-17(23-22-11)12-6-8-14(9-7-12)20-18(24)16-10-13-4-2-3-5-15(13)21-16/h6-9,13,15-16,21H,2-5,10H2,1H3,(H,20,24)(H,19,22,23). The van der Waals surface area contributed by atoms with Gasteiger partial charge >= 0.3 is 0 Å². The summed E-state index contributed by atoms with van der Waals surface area (Å²) in [5.41, 5.74) is 1.75. The van der Waals surface area contributed by atoms with E-state index < -0.39 is 0 Å². The Bertz CT molecular complexity index is 709. The Labute approximate surface area is 141 Å². The number of carbonyl (C=O) groups is 1. The van der Waals surface area contributed by atoms with Gasteiger partial charge in [0.1, 0.15) is 5.82 Å². The molecular weight excluding hydrogens is 302 g/mol. The van der Waals surface area contributed by atoms with Crippen LogP contribution in [0.4, 0.5) is 5.69 Å². The Morgan fingerprint density at radius 1 is 1.21 bits per heavy atom. The van der Waals surface area contributed by atoms with Gasteiger partial charge in [-0.25, -0.2) is 4.98 Å². The van der Waals surface area contributed by atoms with E-state index in [1.165, 1.54) is 25.7 Å². The maximum absolute atomic E-state index is 12.5. The number of fused-ring (bicyclic) bond motifs is 1. The van der Waals surface area contributed by atoms with Crippen LogP contribution in [0, 0.1) is 12.8 Å². The van der Waals surface area contributed by atoms with Gasteiger partial charge in [-0.3, -0.25) is 9.89 Å². The second-order valence-electron chi connectivity index (χ2n) is 6.92. The van der Waals surface area contributed by atoms with Crippen molar-refractivity contribution in [2.75, 3.05) is 5.32 Å². The van der Waals surface area contributed by atoms with E-state index in [9.17, 15) is 4.79 Å². The van der Waals surface area contributed by atoms with Crippen LogP contribution in [0.3, 0.4) is 0 Å². The van der Waals surface area contributed by atoms with Crippen LogP contribution >= 0.6 is 0 Å². The first-order chi connectivity index (χ1) is 11.7. The summed E-state index contributed by atoms with van der Waals surface area (Å²) in [6.07, 6.45) is 6.01. The van der Waals surface area contributed by atoms with Crippen LogP contribution in [0.25, 0.3) is 11.4 Å². The van der Waals surface area contributed by atoms with Crippen molar-refractivity contribution < 1.29 is 4.79 Å². The van der Waals surface area contributed by atoms with E-state index in [-0.39, 0.29) is 11.9 Å².